The predicted molar refractivity (Wildman–Crippen MR) is 36.5 cm³/mol. The second-order valence-electron chi connectivity index (χ2n) is 0.101. The smallest absolute Gasteiger partial charge is 0.0967 e. The van der Waals surface area contributed by atoms with Gasteiger partial charge in [-0.1, -0.05) is 0 Å². The van der Waals surface area contributed by atoms with Crippen molar-refractivity contribution in [2.24, 2.45) is 0 Å². The largest absolute Gasteiger partial charge is 0.412 e. The standard InChI is InChI=1S/CH2Cl2.2CH4O.H2O/c2-1-3;2*1-2;/h1H2;2*2H,1H3;1H2. The van der Waals surface area contributed by atoms with Gasteiger partial charge in [0.15, 0.2) is 0 Å². The van der Waals surface area contributed by atoms with Gasteiger partial charge in [0.05, 0.1) is 5.34 Å². The van der Waals surface area contributed by atoms with Gasteiger partial charge in [-0.15, -0.1) is 23.2 Å². The monoisotopic (exact) mass is 166 g/mol. The number of hydrogen-bond donors (Lipinski definition) is 2. The highest BCUT2D eigenvalue weighted by Crippen LogP contribution is 1.73. The highest BCUT2D eigenvalue weighted by atomic mass is 35.5. The molecule has 0 aromatic carbocycles. The lowest BCUT2D eigenvalue weighted by Gasteiger charge is -1.42. The van der Waals surface area contributed by atoms with Crippen molar-refractivity contribution in [3.8, 4) is 0 Å². The lowest BCUT2D eigenvalue weighted by molar-refractivity contribution is 0.399. The highest BCUT2D eigenvalue weighted by Gasteiger charge is 1.41. The van der Waals surface area contributed by atoms with Crippen molar-refractivity contribution in [2.45, 2.75) is 0 Å². The highest BCUT2D eigenvalue weighted by molar-refractivity contribution is 6.40. The number of rotatable bonds is 0. The Kier molecular flexibility index (Phi) is 432. The molecule has 0 amide bonds. The van der Waals surface area contributed by atoms with E-state index in [-0.39, 0.29) is 10.8 Å². The Morgan fingerprint density at radius 3 is 1.00 bits per heavy atom. The van der Waals surface area contributed by atoms with Gasteiger partial charge in [-0.05, 0) is 0 Å². The normalized spacial score (nSPS) is 3.75. The Hall–Kier alpha value is 0.460. The maximum absolute atomic E-state index is 7.00. The van der Waals surface area contributed by atoms with E-state index in [2.05, 4.69) is 0 Å². The van der Waals surface area contributed by atoms with Gasteiger partial charge < -0.3 is 15.7 Å². The zero-order chi connectivity index (χ0) is 6.71. The molecule has 0 heterocycles. The SMILES string of the molecule is CO.CO.ClCCl.O. The zero-order valence-corrected chi connectivity index (χ0v) is 6.37. The van der Waals surface area contributed by atoms with Crippen molar-refractivity contribution in [2.75, 3.05) is 19.6 Å². The van der Waals surface area contributed by atoms with E-state index in [0.717, 1.165) is 14.2 Å². The summed E-state index contributed by atoms with van der Waals surface area (Å²) in [5, 5.41) is 14.2. The first-order valence-electron chi connectivity index (χ1n) is 1.43. The van der Waals surface area contributed by atoms with E-state index in [4.69, 9.17) is 33.4 Å². The van der Waals surface area contributed by atoms with Crippen molar-refractivity contribution < 1.29 is 15.7 Å². The molecule has 0 saturated carbocycles. The summed E-state index contributed by atoms with van der Waals surface area (Å²) < 4.78 is 0. The van der Waals surface area contributed by atoms with E-state index in [1.54, 1.807) is 0 Å². The van der Waals surface area contributed by atoms with Gasteiger partial charge >= 0.3 is 0 Å². The molecule has 0 saturated heterocycles. The van der Waals surface area contributed by atoms with E-state index in [1.165, 1.54) is 0 Å². The molecule has 0 rings (SSSR count). The van der Waals surface area contributed by atoms with Gasteiger partial charge in [0.25, 0.3) is 0 Å². The summed E-state index contributed by atoms with van der Waals surface area (Å²) in [7, 11) is 2.00. The lowest BCUT2D eigenvalue weighted by Crippen LogP contribution is -1.25. The van der Waals surface area contributed by atoms with E-state index in [0.29, 0.717) is 0 Å². The first kappa shape index (κ1) is 23.7. The van der Waals surface area contributed by atoms with Crippen LogP contribution in [0.3, 0.4) is 0 Å². The maximum Gasteiger partial charge on any atom is 0.0967 e. The number of aliphatic hydroxyl groups is 2. The minimum Gasteiger partial charge on any atom is -0.412 e. The van der Waals surface area contributed by atoms with Crippen LogP contribution in [0.1, 0.15) is 0 Å². The molecule has 0 bridgehead atoms. The molecule has 0 radical (unpaired) electrons. The van der Waals surface area contributed by atoms with Crippen molar-refractivity contribution in [3.63, 3.8) is 0 Å². The van der Waals surface area contributed by atoms with E-state index in [1.807, 2.05) is 0 Å². The molecule has 4 N–H and O–H groups in total. The van der Waals surface area contributed by atoms with Crippen LogP contribution in [0.4, 0.5) is 0 Å². The molecule has 0 atom stereocenters. The quantitative estimate of drug-likeness (QED) is 0.491. The molecule has 0 spiro atoms. The summed E-state index contributed by atoms with van der Waals surface area (Å²) in [6.07, 6.45) is 0. The maximum atomic E-state index is 7.00. The molecular weight excluding hydrogens is 155 g/mol. The van der Waals surface area contributed by atoms with E-state index < -0.39 is 0 Å². The van der Waals surface area contributed by atoms with Crippen molar-refractivity contribution in [1.29, 1.82) is 0 Å². The molecule has 8 heavy (non-hydrogen) atoms. The van der Waals surface area contributed by atoms with Gasteiger partial charge in [0.1, 0.15) is 0 Å². The number of hydrogen-bond acceptors (Lipinski definition) is 2. The average Bonchev–Trinajstić information content (AvgIpc) is 1.78. The second-order valence-corrected chi connectivity index (χ2v) is 0.909. The van der Waals surface area contributed by atoms with Gasteiger partial charge in [-0.25, -0.2) is 0 Å². The fraction of sp³-hybridized carbons (Fsp3) is 1.00. The summed E-state index contributed by atoms with van der Waals surface area (Å²) in [5.74, 6) is 0. The average molecular weight is 167 g/mol. The second kappa shape index (κ2) is 146. The molecule has 0 aromatic rings. The zero-order valence-electron chi connectivity index (χ0n) is 4.86. The minimum atomic E-state index is 0. The molecular formula is C3H12Cl2O3. The third-order valence-electron chi connectivity index (χ3n) is 0. The van der Waals surface area contributed by atoms with Crippen LogP contribution in [0.25, 0.3) is 0 Å². The fourth-order valence-corrected chi connectivity index (χ4v) is 0. The lowest BCUT2D eigenvalue weighted by atomic mass is 11.8. The van der Waals surface area contributed by atoms with Crippen LogP contribution in [0.5, 0.6) is 0 Å². The van der Waals surface area contributed by atoms with Gasteiger partial charge in [-0.2, -0.15) is 0 Å². The third-order valence-corrected chi connectivity index (χ3v) is 0. The van der Waals surface area contributed by atoms with E-state index in [9.17, 15) is 0 Å². The molecule has 0 aliphatic carbocycles. The topological polar surface area (TPSA) is 72.0 Å². The summed E-state index contributed by atoms with van der Waals surface area (Å²) in [6, 6.07) is 0. The minimum absolute atomic E-state index is 0. The summed E-state index contributed by atoms with van der Waals surface area (Å²) in [6.45, 7) is 0. The van der Waals surface area contributed by atoms with Crippen LogP contribution in [0.2, 0.25) is 0 Å². The molecule has 0 aliphatic heterocycles. The van der Waals surface area contributed by atoms with Gasteiger partial charge in [0.2, 0.25) is 0 Å². The molecule has 0 aromatic heterocycles. The number of halogens is 2. The first-order valence-corrected chi connectivity index (χ1v) is 2.50. The van der Waals surface area contributed by atoms with Crippen LogP contribution < -0.4 is 0 Å². The summed E-state index contributed by atoms with van der Waals surface area (Å²) in [4.78, 5) is 0. The Morgan fingerprint density at radius 2 is 1.00 bits per heavy atom. The molecule has 56 valence electrons. The Balaban J connectivity index is -0.0000000147. The van der Waals surface area contributed by atoms with Crippen molar-refractivity contribution in [1.82, 2.24) is 0 Å². The van der Waals surface area contributed by atoms with Gasteiger partial charge in [-0.3, -0.25) is 0 Å². The van der Waals surface area contributed by atoms with Crippen LogP contribution in [0.15, 0.2) is 0 Å². The molecule has 0 fully saturated rings. The molecule has 5 heteroatoms. The first-order chi connectivity index (χ1) is 3.41. The Labute approximate surface area is 59.2 Å². The van der Waals surface area contributed by atoms with Crippen LogP contribution >= 0.6 is 23.2 Å². The fourth-order valence-electron chi connectivity index (χ4n) is 0. The summed E-state index contributed by atoms with van der Waals surface area (Å²) in [5.41, 5.74) is 0. The molecule has 0 aliphatic rings. The van der Waals surface area contributed by atoms with Crippen LogP contribution in [-0.2, 0) is 0 Å². The number of alkyl halides is 2. The summed E-state index contributed by atoms with van der Waals surface area (Å²) >= 11 is 9.53. The molecule has 3 nitrogen and oxygen atoms in total. The Morgan fingerprint density at radius 1 is 1.00 bits per heavy atom. The van der Waals surface area contributed by atoms with Crippen LogP contribution in [-0.4, -0.2) is 35.2 Å². The van der Waals surface area contributed by atoms with Crippen molar-refractivity contribution in [3.05, 3.63) is 0 Å². The Bertz CT molecular complexity index is 12.5. The van der Waals surface area contributed by atoms with Gasteiger partial charge in [0, 0.05) is 14.2 Å². The predicted octanol–water partition coefficient (Wildman–Crippen LogP) is -0.186. The van der Waals surface area contributed by atoms with Crippen LogP contribution in [0, 0.1) is 0 Å². The molecule has 0 unspecified atom stereocenters. The number of aliphatic hydroxyl groups excluding tert-OH is 2. The van der Waals surface area contributed by atoms with E-state index >= 15 is 0 Å². The third kappa shape index (κ3) is 910. The van der Waals surface area contributed by atoms with Crippen molar-refractivity contribution >= 4 is 23.2 Å².